The number of rotatable bonds is 7. The Morgan fingerprint density at radius 1 is 1.28 bits per heavy atom. The van der Waals surface area contributed by atoms with E-state index in [2.05, 4.69) is 5.32 Å². The number of aryl methyl sites for hydroxylation is 1. The van der Waals surface area contributed by atoms with Crippen molar-refractivity contribution in [3.8, 4) is 11.5 Å². The molecule has 0 fully saturated rings. The average molecular weight is 418 g/mol. The second-order valence-electron chi connectivity index (χ2n) is 6.16. The Hall–Kier alpha value is -3.43. The zero-order valence-corrected chi connectivity index (χ0v) is 16.0. The number of aliphatic hydroxyl groups excluding tert-OH is 1. The first-order valence-electron chi connectivity index (χ1n) is 8.48. The van der Waals surface area contributed by atoms with E-state index < -0.39 is 16.7 Å². The number of para-hydroxylation sites is 1. The molecule has 10 heteroatoms. The molecule has 0 spiro atoms. The highest BCUT2D eigenvalue weighted by atomic mass is 35.5. The van der Waals surface area contributed by atoms with Crippen LogP contribution in [0.2, 0.25) is 5.02 Å². The highest BCUT2D eigenvalue weighted by Gasteiger charge is 2.31. The molecule has 1 heterocycles. The normalized spacial score (nSPS) is 13.5. The maximum atomic E-state index is 12.3. The quantitative estimate of drug-likeness (QED) is 0.403. The monoisotopic (exact) mass is 417 g/mol. The van der Waals surface area contributed by atoms with Crippen molar-refractivity contribution in [3.63, 3.8) is 0 Å². The molecule has 0 saturated carbocycles. The molecule has 0 saturated heterocycles. The van der Waals surface area contributed by atoms with E-state index in [1.54, 1.807) is 25.1 Å². The number of nitrogens with one attached hydrogen (secondary N) is 1. The minimum Gasteiger partial charge on any atom is -0.455 e. The molecule has 0 atom stereocenters. The van der Waals surface area contributed by atoms with E-state index in [1.807, 2.05) is 0 Å². The number of carbonyl (C=O) groups excluding carboxylic acids is 2. The first-order valence-corrected chi connectivity index (χ1v) is 8.86. The van der Waals surface area contributed by atoms with Crippen molar-refractivity contribution >= 4 is 34.8 Å². The molecular weight excluding hydrogens is 402 g/mol. The summed E-state index contributed by atoms with van der Waals surface area (Å²) in [7, 11) is 0. The van der Waals surface area contributed by atoms with E-state index in [1.165, 1.54) is 18.2 Å². The number of imide groups is 1. The third-order valence-electron chi connectivity index (χ3n) is 4.10. The van der Waals surface area contributed by atoms with E-state index in [4.69, 9.17) is 21.4 Å². The smallest absolute Gasteiger partial charge is 0.277 e. The van der Waals surface area contributed by atoms with Crippen molar-refractivity contribution < 1.29 is 24.4 Å². The van der Waals surface area contributed by atoms with Crippen LogP contribution < -0.4 is 10.1 Å². The van der Waals surface area contributed by atoms with Crippen LogP contribution in [0.5, 0.6) is 11.5 Å². The molecule has 0 radical (unpaired) electrons. The fraction of sp³-hybridized carbons (Fsp3) is 0.158. The van der Waals surface area contributed by atoms with Crippen LogP contribution >= 0.6 is 11.6 Å². The molecule has 2 aromatic rings. The Morgan fingerprint density at radius 3 is 2.69 bits per heavy atom. The van der Waals surface area contributed by atoms with Gasteiger partial charge in [0.15, 0.2) is 0 Å². The number of hydrogen-bond acceptors (Lipinski definition) is 7. The molecule has 1 aliphatic heterocycles. The highest BCUT2D eigenvalue weighted by molar-refractivity contribution is 6.32. The maximum absolute atomic E-state index is 12.3. The Kier molecular flexibility index (Phi) is 5.81. The van der Waals surface area contributed by atoms with Gasteiger partial charge in [0, 0.05) is 23.9 Å². The van der Waals surface area contributed by atoms with Crippen molar-refractivity contribution in [2.75, 3.05) is 18.5 Å². The van der Waals surface area contributed by atoms with Crippen LogP contribution in [0.1, 0.15) is 5.56 Å². The molecular formula is C19H16ClN3O6. The van der Waals surface area contributed by atoms with Gasteiger partial charge in [-0.2, -0.15) is 0 Å². The lowest BCUT2D eigenvalue weighted by atomic mass is 10.2. The van der Waals surface area contributed by atoms with Crippen molar-refractivity contribution in [3.05, 3.63) is 68.9 Å². The number of nitrogens with zero attached hydrogens (tertiary/aromatic N) is 2. The number of halogens is 1. The lowest BCUT2D eigenvalue weighted by Crippen LogP contribution is -2.34. The number of ether oxygens (including phenoxy) is 1. The summed E-state index contributed by atoms with van der Waals surface area (Å²) in [5, 5.41) is 23.3. The van der Waals surface area contributed by atoms with Crippen LogP contribution in [0.3, 0.4) is 0 Å². The van der Waals surface area contributed by atoms with E-state index in [0.717, 1.165) is 16.5 Å². The molecule has 2 amide bonds. The number of anilines is 1. The number of amides is 2. The SMILES string of the molecule is Cc1cccc(Cl)c1Oc1cc(NC2=CC(=O)N(CCO)C2=O)cc([N+](=O)[O-])c1. The minimum atomic E-state index is -0.639. The van der Waals surface area contributed by atoms with Crippen LogP contribution in [0, 0.1) is 17.0 Å². The van der Waals surface area contributed by atoms with Crippen LogP contribution in [0.15, 0.2) is 48.2 Å². The molecule has 150 valence electrons. The predicted molar refractivity (Wildman–Crippen MR) is 105 cm³/mol. The van der Waals surface area contributed by atoms with E-state index in [9.17, 15) is 19.7 Å². The fourth-order valence-corrected chi connectivity index (χ4v) is 3.01. The zero-order valence-electron chi connectivity index (χ0n) is 15.2. The molecule has 9 nitrogen and oxygen atoms in total. The molecule has 2 N–H and O–H groups in total. The summed E-state index contributed by atoms with van der Waals surface area (Å²) >= 11 is 6.15. The summed E-state index contributed by atoms with van der Waals surface area (Å²) in [5.74, 6) is -0.747. The van der Waals surface area contributed by atoms with Crippen molar-refractivity contribution in [1.29, 1.82) is 0 Å². The third kappa shape index (κ3) is 4.36. The number of nitro groups is 1. The van der Waals surface area contributed by atoms with E-state index in [-0.39, 0.29) is 36.0 Å². The summed E-state index contributed by atoms with van der Waals surface area (Å²) < 4.78 is 5.75. The molecule has 3 rings (SSSR count). The van der Waals surface area contributed by atoms with Crippen LogP contribution in [0.4, 0.5) is 11.4 Å². The number of non-ortho nitro benzene ring substituents is 1. The van der Waals surface area contributed by atoms with Crippen molar-refractivity contribution in [1.82, 2.24) is 4.90 Å². The van der Waals surface area contributed by atoms with Crippen LogP contribution in [-0.2, 0) is 9.59 Å². The number of nitro benzene ring substituents is 1. The van der Waals surface area contributed by atoms with Gasteiger partial charge in [0.2, 0.25) is 0 Å². The zero-order chi connectivity index (χ0) is 21.1. The molecule has 0 aliphatic carbocycles. The number of hydrogen-bond donors (Lipinski definition) is 2. The Labute approximate surface area is 170 Å². The summed E-state index contributed by atoms with van der Waals surface area (Å²) in [4.78, 5) is 35.7. The fourth-order valence-electron chi connectivity index (χ4n) is 2.75. The van der Waals surface area contributed by atoms with Crippen molar-refractivity contribution in [2.45, 2.75) is 6.92 Å². The van der Waals surface area contributed by atoms with Crippen LogP contribution in [-0.4, -0.2) is 39.9 Å². The third-order valence-corrected chi connectivity index (χ3v) is 4.40. The minimum absolute atomic E-state index is 0.0659. The van der Waals surface area contributed by atoms with Gasteiger partial charge in [-0.25, -0.2) is 0 Å². The standard InChI is InChI=1S/C19H16ClN3O6/c1-11-3-2-4-15(20)18(11)29-14-8-12(7-13(9-14)23(27)28)21-16-10-17(25)22(5-6-24)19(16)26/h2-4,7-10,21,24H,5-6H2,1H3. The van der Waals surface area contributed by atoms with Gasteiger partial charge >= 0.3 is 0 Å². The first kappa shape index (κ1) is 20.3. The molecule has 1 aliphatic rings. The highest BCUT2D eigenvalue weighted by Crippen LogP contribution is 2.35. The number of β-amino-alcohol motifs (C(OH)–C–C–N with tert-alkyl or cyclic N) is 1. The topological polar surface area (TPSA) is 122 Å². The van der Waals surface area contributed by atoms with Gasteiger partial charge in [-0.05, 0) is 18.6 Å². The number of benzene rings is 2. The van der Waals surface area contributed by atoms with Gasteiger partial charge < -0.3 is 15.2 Å². The molecule has 2 aromatic carbocycles. The van der Waals surface area contributed by atoms with Gasteiger partial charge in [-0.1, -0.05) is 23.7 Å². The van der Waals surface area contributed by atoms with E-state index >= 15 is 0 Å². The number of carbonyl (C=O) groups is 2. The lowest BCUT2D eigenvalue weighted by Gasteiger charge is -2.14. The summed E-state index contributed by atoms with van der Waals surface area (Å²) in [6, 6.07) is 9.04. The molecule has 29 heavy (non-hydrogen) atoms. The van der Waals surface area contributed by atoms with Crippen molar-refractivity contribution in [2.24, 2.45) is 0 Å². The van der Waals surface area contributed by atoms with Gasteiger partial charge in [-0.3, -0.25) is 24.6 Å². The second-order valence-corrected chi connectivity index (χ2v) is 6.57. The molecule has 0 unspecified atom stereocenters. The van der Waals surface area contributed by atoms with E-state index in [0.29, 0.717) is 10.8 Å². The summed E-state index contributed by atoms with van der Waals surface area (Å²) in [6.07, 6.45) is 1.07. The van der Waals surface area contributed by atoms with Gasteiger partial charge in [-0.15, -0.1) is 0 Å². The van der Waals surface area contributed by atoms with Crippen LogP contribution in [0.25, 0.3) is 0 Å². The Balaban J connectivity index is 1.92. The maximum Gasteiger partial charge on any atom is 0.277 e. The Bertz CT molecular complexity index is 1020. The Morgan fingerprint density at radius 2 is 2.03 bits per heavy atom. The lowest BCUT2D eigenvalue weighted by molar-refractivity contribution is -0.384. The summed E-state index contributed by atoms with van der Waals surface area (Å²) in [5.41, 5.74) is 0.567. The second kappa shape index (κ2) is 8.29. The van der Waals surface area contributed by atoms with Gasteiger partial charge in [0.05, 0.1) is 29.2 Å². The predicted octanol–water partition coefficient (Wildman–Crippen LogP) is 3.01. The average Bonchev–Trinajstić information content (AvgIpc) is 2.92. The van der Waals surface area contributed by atoms with Gasteiger partial charge in [0.1, 0.15) is 17.2 Å². The van der Waals surface area contributed by atoms with Gasteiger partial charge in [0.25, 0.3) is 17.5 Å². The summed E-state index contributed by atoms with van der Waals surface area (Å²) in [6.45, 7) is 1.26. The molecule has 0 bridgehead atoms. The number of aliphatic hydroxyl groups is 1. The molecule has 0 aromatic heterocycles. The first-order chi connectivity index (χ1) is 13.8. The largest absolute Gasteiger partial charge is 0.455 e.